The molecule has 0 saturated carbocycles. The van der Waals surface area contributed by atoms with Crippen molar-refractivity contribution in [1.29, 1.82) is 0 Å². The third-order valence-corrected chi connectivity index (χ3v) is 7.29. The minimum atomic E-state index is -4.40. The number of aryl methyl sites for hydroxylation is 1. The first-order chi connectivity index (χ1) is 17.7. The normalized spacial score (nSPS) is 18.6. The highest BCUT2D eigenvalue weighted by Crippen LogP contribution is 2.33. The van der Waals surface area contributed by atoms with Crippen LogP contribution in [0.4, 0.5) is 23.2 Å². The van der Waals surface area contributed by atoms with E-state index in [1.807, 2.05) is 6.92 Å². The summed E-state index contributed by atoms with van der Waals surface area (Å²) in [5.74, 6) is 0.390. The van der Waals surface area contributed by atoms with Crippen LogP contribution in [-0.2, 0) is 17.8 Å². The van der Waals surface area contributed by atoms with Crippen molar-refractivity contribution in [2.75, 3.05) is 26.8 Å². The Kier molecular flexibility index (Phi) is 8.54. The van der Waals surface area contributed by atoms with Crippen molar-refractivity contribution in [1.82, 2.24) is 4.90 Å². The van der Waals surface area contributed by atoms with Gasteiger partial charge in [0.15, 0.2) is 0 Å². The standard InChI is InChI=1S/C28H33F4N3O2/c1-18(24-9-5-21-15-22(29)6-10-25(21)34-24)27(33)20-11-13-35(14-12-20)26(28(30,31)32)17-37-16-19-3-7-23(36-2)8-4-19/h3-4,6-8,10,15,20,26H,5,9,11-14,16-17,33H2,1-2H3/b27-18-. The van der Waals surface area contributed by atoms with Crippen molar-refractivity contribution in [2.45, 2.75) is 51.4 Å². The molecule has 200 valence electrons. The Hall–Kier alpha value is -2.91. The van der Waals surface area contributed by atoms with Crippen molar-refractivity contribution in [3.8, 4) is 5.75 Å². The molecule has 37 heavy (non-hydrogen) atoms. The molecule has 2 N–H and O–H groups in total. The largest absolute Gasteiger partial charge is 0.497 e. The fourth-order valence-electron chi connectivity index (χ4n) is 5.00. The Morgan fingerprint density at radius 2 is 1.81 bits per heavy atom. The zero-order chi connectivity index (χ0) is 26.6. The van der Waals surface area contributed by atoms with Gasteiger partial charge >= 0.3 is 6.18 Å². The lowest BCUT2D eigenvalue weighted by molar-refractivity contribution is -0.201. The number of allylic oxidation sites excluding steroid dienone is 2. The lowest BCUT2D eigenvalue weighted by Crippen LogP contribution is -2.52. The average molecular weight is 520 g/mol. The summed E-state index contributed by atoms with van der Waals surface area (Å²) in [6, 6.07) is 9.95. The number of nitrogens with zero attached hydrogens (tertiary/aromatic N) is 2. The third kappa shape index (κ3) is 6.70. The van der Waals surface area contributed by atoms with E-state index in [0.29, 0.717) is 37.1 Å². The molecule has 0 radical (unpaired) electrons. The number of benzene rings is 2. The first-order valence-corrected chi connectivity index (χ1v) is 12.5. The smallest absolute Gasteiger partial charge is 0.406 e. The van der Waals surface area contributed by atoms with E-state index in [4.69, 9.17) is 15.2 Å². The number of nitrogens with two attached hydrogens (primary N) is 1. The molecule has 2 aromatic carbocycles. The van der Waals surface area contributed by atoms with Crippen LogP contribution in [-0.4, -0.2) is 49.6 Å². The van der Waals surface area contributed by atoms with E-state index in [1.165, 1.54) is 17.0 Å². The van der Waals surface area contributed by atoms with E-state index in [9.17, 15) is 17.6 Å². The molecule has 2 aromatic rings. The lowest BCUT2D eigenvalue weighted by Gasteiger charge is -2.38. The molecule has 4 rings (SSSR count). The van der Waals surface area contributed by atoms with Gasteiger partial charge < -0.3 is 15.2 Å². The van der Waals surface area contributed by atoms with Crippen LogP contribution in [0, 0.1) is 11.7 Å². The number of methoxy groups -OCH3 is 1. The molecule has 0 aliphatic carbocycles. The Bertz CT molecular complexity index is 1140. The molecule has 0 spiro atoms. The minimum absolute atomic E-state index is 0.0114. The van der Waals surface area contributed by atoms with Gasteiger partial charge in [0.1, 0.15) is 17.6 Å². The van der Waals surface area contributed by atoms with Crippen molar-refractivity contribution >= 4 is 11.4 Å². The number of hydrogen-bond acceptors (Lipinski definition) is 5. The van der Waals surface area contributed by atoms with Crippen molar-refractivity contribution in [3.05, 3.63) is 70.7 Å². The van der Waals surface area contributed by atoms with E-state index in [2.05, 4.69) is 4.99 Å². The van der Waals surface area contributed by atoms with Crippen LogP contribution in [0.2, 0.25) is 0 Å². The minimum Gasteiger partial charge on any atom is -0.497 e. The average Bonchev–Trinajstić information content (AvgIpc) is 2.89. The summed E-state index contributed by atoms with van der Waals surface area (Å²) in [6.07, 6.45) is -2.00. The molecular weight excluding hydrogens is 486 g/mol. The maximum Gasteiger partial charge on any atom is 0.406 e. The van der Waals surface area contributed by atoms with Crippen molar-refractivity contribution in [3.63, 3.8) is 0 Å². The van der Waals surface area contributed by atoms with Gasteiger partial charge in [-0.2, -0.15) is 13.2 Å². The molecule has 2 heterocycles. The highest BCUT2D eigenvalue weighted by molar-refractivity contribution is 6.03. The van der Waals surface area contributed by atoms with Crippen molar-refractivity contribution < 1.29 is 27.0 Å². The molecular formula is C28H33F4N3O2. The number of aliphatic imine (C=N–C) groups is 1. The fraction of sp³-hybridized carbons (Fsp3) is 0.464. The summed E-state index contributed by atoms with van der Waals surface area (Å²) in [7, 11) is 1.56. The third-order valence-electron chi connectivity index (χ3n) is 7.29. The molecule has 0 aromatic heterocycles. The van der Waals surface area contributed by atoms with Crippen LogP contribution < -0.4 is 10.5 Å². The summed E-state index contributed by atoms with van der Waals surface area (Å²) in [6.45, 7) is 2.15. The summed E-state index contributed by atoms with van der Waals surface area (Å²) >= 11 is 0. The zero-order valence-electron chi connectivity index (χ0n) is 21.2. The topological polar surface area (TPSA) is 60.1 Å². The number of hydrogen-bond donors (Lipinski definition) is 1. The van der Waals surface area contributed by atoms with Gasteiger partial charge in [0.25, 0.3) is 0 Å². The van der Waals surface area contributed by atoms with Crippen LogP contribution in [0.15, 0.2) is 58.7 Å². The van der Waals surface area contributed by atoms with Crippen molar-refractivity contribution in [2.24, 2.45) is 16.6 Å². The quantitative estimate of drug-likeness (QED) is 0.438. The van der Waals surface area contributed by atoms with Gasteiger partial charge in [-0.05, 0) is 92.7 Å². The van der Waals surface area contributed by atoms with E-state index in [1.54, 1.807) is 37.4 Å². The monoisotopic (exact) mass is 519 g/mol. The molecule has 2 aliphatic rings. The summed E-state index contributed by atoms with van der Waals surface area (Å²) in [5.41, 5.74) is 11.3. The number of fused-ring (bicyclic) bond motifs is 1. The van der Waals surface area contributed by atoms with Crippen LogP contribution in [0.5, 0.6) is 5.75 Å². The lowest BCUT2D eigenvalue weighted by atomic mass is 9.88. The van der Waals surface area contributed by atoms with Gasteiger partial charge in [-0.25, -0.2) is 4.39 Å². The summed E-state index contributed by atoms with van der Waals surface area (Å²) in [4.78, 5) is 6.13. The predicted molar refractivity (Wildman–Crippen MR) is 135 cm³/mol. The van der Waals surface area contributed by atoms with Gasteiger partial charge in [-0.1, -0.05) is 12.1 Å². The Balaban J connectivity index is 1.36. The molecule has 1 unspecified atom stereocenters. The van der Waals surface area contributed by atoms with Crippen LogP contribution in [0.3, 0.4) is 0 Å². The first kappa shape index (κ1) is 27.1. The molecule has 9 heteroatoms. The highest BCUT2D eigenvalue weighted by atomic mass is 19.4. The molecule has 1 atom stereocenters. The fourth-order valence-corrected chi connectivity index (χ4v) is 5.00. The zero-order valence-corrected chi connectivity index (χ0v) is 21.2. The second-order valence-electron chi connectivity index (χ2n) is 9.64. The Morgan fingerprint density at radius 3 is 2.46 bits per heavy atom. The second kappa shape index (κ2) is 11.6. The summed E-state index contributed by atoms with van der Waals surface area (Å²) in [5, 5.41) is 0. The SMILES string of the molecule is COc1ccc(COCC(N2CCC(/C(N)=C(\C)C3=Nc4ccc(F)cc4CC3)CC2)C(F)(F)F)cc1. The number of likely N-dealkylation sites (tertiary alicyclic amines) is 1. The van der Waals surface area contributed by atoms with E-state index < -0.39 is 18.8 Å². The Morgan fingerprint density at radius 1 is 1.11 bits per heavy atom. The number of ether oxygens (including phenoxy) is 2. The number of piperidine rings is 1. The van der Waals surface area contributed by atoms with E-state index >= 15 is 0 Å². The second-order valence-corrected chi connectivity index (χ2v) is 9.64. The van der Waals surface area contributed by atoms with E-state index in [-0.39, 0.29) is 31.4 Å². The molecule has 5 nitrogen and oxygen atoms in total. The molecule has 0 amide bonds. The molecule has 0 bridgehead atoms. The van der Waals surface area contributed by atoms with Gasteiger partial charge in [0, 0.05) is 17.3 Å². The molecule has 2 aliphatic heterocycles. The van der Waals surface area contributed by atoms with Gasteiger partial charge in [0.05, 0.1) is 26.0 Å². The van der Waals surface area contributed by atoms with Gasteiger partial charge in [0.2, 0.25) is 0 Å². The number of alkyl halides is 3. The maximum atomic E-state index is 13.9. The number of rotatable bonds is 8. The van der Waals surface area contributed by atoms with Crippen LogP contribution >= 0.6 is 0 Å². The van der Waals surface area contributed by atoms with Crippen LogP contribution in [0.1, 0.15) is 37.3 Å². The van der Waals surface area contributed by atoms with E-state index in [0.717, 1.165) is 28.1 Å². The summed E-state index contributed by atoms with van der Waals surface area (Å²) < 4.78 is 65.8. The molecule has 1 saturated heterocycles. The van der Waals surface area contributed by atoms with Gasteiger partial charge in [-0.3, -0.25) is 9.89 Å². The van der Waals surface area contributed by atoms with Gasteiger partial charge in [-0.15, -0.1) is 0 Å². The number of halogens is 4. The first-order valence-electron chi connectivity index (χ1n) is 12.5. The van der Waals surface area contributed by atoms with Crippen LogP contribution in [0.25, 0.3) is 0 Å². The predicted octanol–water partition coefficient (Wildman–Crippen LogP) is 5.95. The highest BCUT2D eigenvalue weighted by Gasteiger charge is 2.44. The molecule has 1 fully saturated rings. The maximum absolute atomic E-state index is 13.9. The Labute approximate surface area is 215 Å².